The van der Waals surface area contributed by atoms with Crippen molar-refractivity contribution in [2.45, 2.75) is 26.3 Å². The van der Waals surface area contributed by atoms with Crippen LogP contribution in [0, 0.1) is 13.8 Å². The second kappa shape index (κ2) is 5.83. The van der Waals surface area contributed by atoms with E-state index in [-0.39, 0.29) is 0 Å². The molecule has 1 atom stereocenters. The van der Waals surface area contributed by atoms with Gasteiger partial charge in [0.15, 0.2) is 0 Å². The van der Waals surface area contributed by atoms with E-state index in [2.05, 4.69) is 67.7 Å². The van der Waals surface area contributed by atoms with Gasteiger partial charge in [-0.2, -0.15) is 0 Å². The third-order valence-electron chi connectivity index (χ3n) is 3.51. The fourth-order valence-corrected chi connectivity index (χ4v) is 2.24. The summed E-state index contributed by atoms with van der Waals surface area (Å²) < 4.78 is 0. The summed E-state index contributed by atoms with van der Waals surface area (Å²) in [5, 5.41) is 3.41. The first-order chi connectivity index (χ1) is 8.70. The van der Waals surface area contributed by atoms with Crippen molar-refractivity contribution in [1.29, 1.82) is 0 Å². The van der Waals surface area contributed by atoms with Gasteiger partial charge >= 0.3 is 0 Å². The Morgan fingerprint density at radius 2 is 1.61 bits per heavy atom. The van der Waals surface area contributed by atoms with Crippen molar-refractivity contribution in [3.8, 4) is 0 Å². The molecule has 0 aliphatic rings. The Labute approximate surface area is 110 Å². The molecule has 2 aromatic rings. The minimum atomic E-state index is 0.381. The van der Waals surface area contributed by atoms with Crippen LogP contribution < -0.4 is 5.32 Å². The molecule has 1 heteroatoms. The van der Waals surface area contributed by atoms with E-state index in [1.807, 2.05) is 7.05 Å². The standard InChI is InChI=1S/C17H21N/c1-13-8-10-15(11-9-13)17(18-3)12-16-7-5-4-6-14(16)2/h4-11,17-18H,12H2,1-3H3. The highest BCUT2D eigenvalue weighted by atomic mass is 14.9. The van der Waals surface area contributed by atoms with E-state index in [0.29, 0.717) is 6.04 Å². The molecule has 0 fully saturated rings. The van der Waals surface area contributed by atoms with Crippen LogP contribution >= 0.6 is 0 Å². The van der Waals surface area contributed by atoms with Gasteiger partial charge in [0.1, 0.15) is 0 Å². The molecule has 0 amide bonds. The van der Waals surface area contributed by atoms with Gasteiger partial charge in [-0.15, -0.1) is 0 Å². The summed E-state index contributed by atoms with van der Waals surface area (Å²) in [5.74, 6) is 0. The summed E-state index contributed by atoms with van der Waals surface area (Å²) in [6, 6.07) is 17.8. The fourth-order valence-electron chi connectivity index (χ4n) is 2.24. The maximum absolute atomic E-state index is 3.41. The number of likely N-dealkylation sites (N-methyl/N-ethyl adjacent to an activating group) is 1. The summed E-state index contributed by atoms with van der Waals surface area (Å²) in [5.41, 5.74) is 5.44. The van der Waals surface area contributed by atoms with E-state index in [1.165, 1.54) is 22.3 Å². The van der Waals surface area contributed by atoms with Gasteiger partial charge < -0.3 is 5.32 Å². The van der Waals surface area contributed by atoms with Gasteiger partial charge in [-0.1, -0.05) is 54.1 Å². The third-order valence-corrected chi connectivity index (χ3v) is 3.51. The first kappa shape index (κ1) is 12.8. The molecule has 0 aromatic heterocycles. The zero-order chi connectivity index (χ0) is 13.0. The van der Waals surface area contributed by atoms with E-state index in [9.17, 15) is 0 Å². The summed E-state index contributed by atoms with van der Waals surface area (Å²) >= 11 is 0. The zero-order valence-corrected chi connectivity index (χ0v) is 11.4. The molecule has 1 N–H and O–H groups in total. The molecular formula is C17H21N. The molecule has 0 spiro atoms. The Bertz CT molecular complexity index is 499. The number of hydrogen-bond acceptors (Lipinski definition) is 1. The molecule has 1 nitrogen and oxygen atoms in total. The maximum Gasteiger partial charge on any atom is 0.0358 e. The van der Waals surface area contributed by atoms with Crippen molar-refractivity contribution in [3.63, 3.8) is 0 Å². The predicted molar refractivity (Wildman–Crippen MR) is 77.9 cm³/mol. The first-order valence-corrected chi connectivity index (χ1v) is 6.49. The van der Waals surface area contributed by atoms with Crippen LogP contribution in [0.25, 0.3) is 0 Å². The van der Waals surface area contributed by atoms with Gasteiger partial charge in [-0.3, -0.25) is 0 Å². The molecule has 2 rings (SSSR count). The number of aryl methyl sites for hydroxylation is 2. The molecule has 18 heavy (non-hydrogen) atoms. The van der Waals surface area contributed by atoms with E-state index in [0.717, 1.165) is 6.42 Å². The van der Waals surface area contributed by atoms with Crippen molar-refractivity contribution in [2.24, 2.45) is 0 Å². The fraction of sp³-hybridized carbons (Fsp3) is 0.294. The van der Waals surface area contributed by atoms with E-state index in [1.54, 1.807) is 0 Å². The summed E-state index contributed by atoms with van der Waals surface area (Å²) in [6.45, 7) is 4.30. The van der Waals surface area contributed by atoms with Crippen LogP contribution in [0.15, 0.2) is 48.5 Å². The van der Waals surface area contributed by atoms with Crippen LogP contribution in [-0.2, 0) is 6.42 Å². The smallest absolute Gasteiger partial charge is 0.0358 e. The molecule has 94 valence electrons. The van der Waals surface area contributed by atoms with Gasteiger partial charge in [0.25, 0.3) is 0 Å². The van der Waals surface area contributed by atoms with Crippen LogP contribution in [0.2, 0.25) is 0 Å². The van der Waals surface area contributed by atoms with Crippen LogP contribution in [0.1, 0.15) is 28.3 Å². The van der Waals surface area contributed by atoms with Gasteiger partial charge in [0.05, 0.1) is 0 Å². The highest BCUT2D eigenvalue weighted by Crippen LogP contribution is 2.20. The number of rotatable bonds is 4. The monoisotopic (exact) mass is 239 g/mol. The molecule has 0 heterocycles. The molecular weight excluding hydrogens is 218 g/mol. The molecule has 1 unspecified atom stereocenters. The van der Waals surface area contributed by atoms with Crippen molar-refractivity contribution in [2.75, 3.05) is 7.05 Å². The van der Waals surface area contributed by atoms with Gasteiger partial charge in [0.2, 0.25) is 0 Å². The Hall–Kier alpha value is -1.60. The van der Waals surface area contributed by atoms with Crippen molar-refractivity contribution < 1.29 is 0 Å². The van der Waals surface area contributed by atoms with Crippen LogP contribution in [0.5, 0.6) is 0 Å². The Balaban J connectivity index is 2.20. The minimum Gasteiger partial charge on any atom is -0.313 e. The molecule has 0 saturated carbocycles. The Morgan fingerprint density at radius 3 is 2.22 bits per heavy atom. The lowest BCUT2D eigenvalue weighted by molar-refractivity contribution is 0.590. The topological polar surface area (TPSA) is 12.0 Å². The highest BCUT2D eigenvalue weighted by Gasteiger charge is 2.10. The first-order valence-electron chi connectivity index (χ1n) is 6.49. The summed E-state index contributed by atoms with van der Waals surface area (Å²) in [6.07, 6.45) is 1.03. The lowest BCUT2D eigenvalue weighted by atomic mass is 9.96. The summed E-state index contributed by atoms with van der Waals surface area (Å²) in [4.78, 5) is 0. The Kier molecular flexibility index (Phi) is 4.16. The average molecular weight is 239 g/mol. The quantitative estimate of drug-likeness (QED) is 0.855. The van der Waals surface area contributed by atoms with E-state index in [4.69, 9.17) is 0 Å². The molecule has 0 saturated heterocycles. The molecule has 0 bridgehead atoms. The second-order valence-corrected chi connectivity index (χ2v) is 4.88. The van der Waals surface area contributed by atoms with E-state index < -0.39 is 0 Å². The molecule has 0 radical (unpaired) electrons. The lowest BCUT2D eigenvalue weighted by Crippen LogP contribution is -2.19. The highest BCUT2D eigenvalue weighted by molar-refractivity contribution is 5.30. The van der Waals surface area contributed by atoms with Gasteiger partial charge in [-0.05, 0) is 44.0 Å². The zero-order valence-electron chi connectivity index (χ0n) is 11.4. The summed E-state index contributed by atoms with van der Waals surface area (Å²) in [7, 11) is 2.03. The molecule has 0 aliphatic carbocycles. The predicted octanol–water partition coefficient (Wildman–Crippen LogP) is 3.81. The van der Waals surface area contributed by atoms with Crippen LogP contribution in [0.4, 0.5) is 0 Å². The number of nitrogens with one attached hydrogen (secondary N) is 1. The minimum absolute atomic E-state index is 0.381. The Morgan fingerprint density at radius 1 is 0.944 bits per heavy atom. The van der Waals surface area contributed by atoms with Gasteiger partial charge in [0, 0.05) is 6.04 Å². The van der Waals surface area contributed by atoms with E-state index >= 15 is 0 Å². The largest absolute Gasteiger partial charge is 0.313 e. The molecule has 2 aromatic carbocycles. The van der Waals surface area contributed by atoms with Crippen molar-refractivity contribution in [3.05, 3.63) is 70.8 Å². The SMILES string of the molecule is CNC(Cc1ccccc1C)c1ccc(C)cc1. The van der Waals surface area contributed by atoms with Crippen molar-refractivity contribution >= 4 is 0 Å². The second-order valence-electron chi connectivity index (χ2n) is 4.88. The third kappa shape index (κ3) is 2.99. The average Bonchev–Trinajstić information content (AvgIpc) is 2.39. The van der Waals surface area contributed by atoms with Crippen LogP contribution in [-0.4, -0.2) is 7.05 Å². The van der Waals surface area contributed by atoms with Crippen molar-refractivity contribution in [1.82, 2.24) is 5.32 Å². The van der Waals surface area contributed by atoms with Crippen LogP contribution in [0.3, 0.4) is 0 Å². The molecule has 0 aliphatic heterocycles. The normalized spacial score (nSPS) is 12.4. The maximum atomic E-state index is 3.41. The number of benzene rings is 2. The van der Waals surface area contributed by atoms with Gasteiger partial charge in [-0.25, -0.2) is 0 Å². The number of hydrogen-bond donors (Lipinski definition) is 1. The lowest BCUT2D eigenvalue weighted by Gasteiger charge is -2.18.